The number of hydroxylamine groups is 1. The van der Waals surface area contributed by atoms with E-state index in [9.17, 15) is 47.9 Å². The maximum atomic E-state index is 13.5. The van der Waals surface area contributed by atoms with Crippen LogP contribution in [-0.4, -0.2) is 125 Å². The van der Waals surface area contributed by atoms with E-state index in [1.165, 1.54) is 5.48 Å². The molecule has 0 aromatic carbocycles. The molecule has 0 radical (unpaired) electrons. The van der Waals surface area contributed by atoms with Gasteiger partial charge in [-0.1, -0.05) is 40.5 Å². The molecule has 0 aliphatic carbocycles. The standard InChI is InChI=1S/C39H67N11O11S/c1-5-22(4)33(48-37(58)25(13-14-28(40)51)46-36(57)23(16-21(2)3)17-30(53)50-61)38(59)44-18-31(54)43-19-32(55)45-24(35(41)56)10-8-9-15-42-29(52)12-7-6-11-27-34-26(20-62-27)47-39(60)49-34/h21-27,33-34,61H,5-20H2,1-4H3,(H2,40,51)(H2,41,56)(H,42,52)(H,43,54)(H,44,59)(H,45,55)(H,46,57)(H,48,58)(H,50,53)(H2,47,49,60)/t22-,23?,24-,25-,26-,27-,33-,34-/m0/s1. The van der Waals surface area contributed by atoms with Gasteiger partial charge in [0.15, 0.2) is 0 Å². The highest BCUT2D eigenvalue weighted by Gasteiger charge is 2.42. The molecule has 2 heterocycles. The number of thioether (sulfide) groups is 1. The van der Waals surface area contributed by atoms with Crippen molar-refractivity contribution < 1.29 is 53.2 Å². The highest BCUT2D eigenvalue weighted by molar-refractivity contribution is 8.00. The number of carbonyl (C=O) groups is 10. The summed E-state index contributed by atoms with van der Waals surface area (Å²) in [6, 6.07) is -3.37. The van der Waals surface area contributed by atoms with Crippen LogP contribution in [0.2, 0.25) is 0 Å². The van der Waals surface area contributed by atoms with Crippen LogP contribution in [0.3, 0.4) is 0 Å². The molecule has 2 saturated heterocycles. The zero-order valence-corrected chi connectivity index (χ0v) is 36.9. The lowest BCUT2D eigenvalue weighted by Gasteiger charge is -2.27. The van der Waals surface area contributed by atoms with E-state index < -0.39 is 90.3 Å². The smallest absolute Gasteiger partial charge is 0.315 e. The Hall–Kier alpha value is -5.19. The lowest BCUT2D eigenvalue weighted by Crippen LogP contribution is -2.57. The second-order valence-corrected chi connectivity index (χ2v) is 17.5. The van der Waals surface area contributed by atoms with Crippen molar-refractivity contribution in [2.24, 2.45) is 29.2 Å². The van der Waals surface area contributed by atoms with Crippen LogP contribution in [0.5, 0.6) is 0 Å². The van der Waals surface area contributed by atoms with Gasteiger partial charge in [-0.3, -0.25) is 48.4 Å². The summed E-state index contributed by atoms with van der Waals surface area (Å²) in [5.41, 5.74) is 12.3. The summed E-state index contributed by atoms with van der Waals surface area (Å²) in [6.45, 7) is 6.34. The molecule has 22 nitrogen and oxygen atoms in total. The highest BCUT2D eigenvalue weighted by Crippen LogP contribution is 2.33. The Morgan fingerprint density at radius 3 is 2.11 bits per heavy atom. The van der Waals surface area contributed by atoms with Crippen LogP contribution in [0.15, 0.2) is 0 Å². The Balaban J connectivity index is 1.78. The summed E-state index contributed by atoms with van der Waals surface area (Å²) in [4.78, 5) is 124. The molecule has 62 heavy (non-hydrogen) atoms. The predicted octanol–water partition coefficient (Wildman–Crippen LogP) is -1.96. The summed E-state index contributed by atoms with van der Waals surface area (Å²) in [5, 5.41) is 30.4. The van der Waals surface area contributed by atoms with Crippen LogP contribution < -0.4 is 59.5 Å². The molecular weight excluding hydrogens is 831 g/mol. The van der Waals surface area contributed by atoms with Gasteiger partial charge in [0.05, 0.1) is 25.2 Å². The molecule has 0 spiro atoms. The molecule has 350 valence electrons. The van der Waals surface area contributed by atoms with Crippen LogP contribution >= 0.6 is 11.8 Å². The van der Waals surface area contributed by atoms with Crippen LogP contribution in [-0.2, 0) is 43.2 Å². The van der Waals surface area contributed by atoms with E-state index in [0.29, 0.717) is 37.5 Å². The first-order chi connectivity index (χ1) is 29.3. The number of nitrogens with two attached hydrogens (primary N) is 2. The fourth-order valence-electron chi connectivity index (χ4n) is 7.04. The number of urea groups is 1. The number of rotatable bonds is 30. The average molecular weight is 898 g/mol. The number of hydrogen-bond acceptors (Lipinski definition) is 12. The second-order valence-electron chi connectivity index (χ2n) is 16.2. The molecule has 2 aliphatic heterocycles. The van der Waals surface area contributed by atoms with E-state index >= 15 is 0 Å². The van der Waals surface area contributed by atoms with Crippen molar-refractivity contribution in [1.82, 2.24) is 48.0 Å². The van der Waals surface area contributed by atoms with E-state index in [1.54, 1.807) is 13.8 Å². The molecule has 0 saturated carbocycles. The van der Waals surface area contributed by atoms with E-state index in [-0.39, 0.29) is 62.0 Å². The van der Waals surface area contributed by atoms with Gasteiger partial charge in [0.2, 0.25) is 53.2 Å². The van der Waals surface area contributed by atoms with E-state index in [0.717, 1.165) is 25.0 Å². The third kappa shape index (κ3) is 19.7. The lowest BCUT2D eigenvalue weighted by atomic mass is 9.92. The number of amides is 11. The van der Waals surface area contributed by atoms with Gasteiger partial charge in [0, 0.05) is 42.7 Å². The van der Waals surface area contributed by atoms with Gasteiger partial charge < -0.3 is 54.0 Å². The summed E-state index contributed by atoms with van der Waals surface area (Å²) in [6.07, 6.45) is 3.83. The van der Waals surface area contributed by atoms with Crippen LogP contribution in [0.1, 0.15) is 105 Å². The highest BCUT2D eigenvalue weighted by atomic mass is 32.2. The minimum atomic E-state index is -1.33. The molecule has 14 N–H and O–H groups in total. The first-order valence-electron chi connectivity index (χ1n) is 21.2. The topological polar surface area (TPSA) is 351 Å². The van der Waals surface area contributed by atoms with Crippen molar-refractivity contribution in [3.8, 4) is 0 Å². The SMILES string of the molecule is CC[C@H](C)[C@H](NC(=O)[C@H](CCC(N)=O)NC(=O)C(CC(=O)NO)CC(C)C)C(=O)NCC(=O)NCC(=O)N[C@@H](CCCCNC(=O)CCCC[C@@H]1SC[C@@H]2NC(=O)N[C@@H]21)C(N)=O. The van der Waals surface area contributed by atoms with Gasteiger partial charge in [0.25, 0.3) is 0 Å². The molecule has 0 aromatic rings. The zero-order chi connectivity index (χ0) is 46.4. The number of hydrogen-bond donors (Lipinski definition) is 12. The van der Waals surface area contributed by atoms with Crippen LogP contribution in [0.4, 0.5) is 4.79 Å². The van der Waals surface area contributed by atoms with Gasteiger partial charge in [-0.05, 0) is 56.8 Å². The maximum absolute atomic E-state index is 13.5. The van der Waals surface area contributed by atoms with Crippen molar-refractivity contribution in [3.63, 3.8) is 0 Å². The molecule has 23 heteroatoms. The predicted molar refractivity (Wildman–Crippen MR) is 227 cm³/mol. The molecule has 0 bridgehead atoms. The first-order valence-corrected chi connectivity index (χ1v) is 22.3. The minimum Gasteiger partial charge on any atom is -0.370 e. The zero-order valence-electron chi connectivity index (χ0n) is 36.1. The Kier molecular flexibility index (Phi) is 23.6. The Morgan fingerprint density at radius 1 is 0.758 bits per heavy atom. The molecule has 2 aliphatic rings. The fourth-order valence-corrected chi connectivity index (χ4v) is 8.58. The normalized spacial score (nSPS) is 18.9. The van der Waals surface area contributed by atoms with Crippen molar-refractivity contribution in [1.29, 1.82) is 0 Å². The molecule has 1 unspecified atom stereocenters. The first kappa shape index (κ1) is 52.9. The fraction of sp³-hybridized carbons (Fsp3) is 0.744. The van der Waals surface area contributed by atoms with Gasteiger partial charge >= 0.3 is 6.03 Å². The number of fused-ring (bicyclic) bond motifs is 1. The van der Waals surface area contributed by atoms with Crippen molar-refractivity contribution in [2.45, 2.75) is 140 Å². The molecule has 11 amide bonds. The van der Waals surface area contributed by atoms with E-state index in [1.807, 2.05) is 25.6 Å². The molecule has 8 atom stereocenters. The molecule has 0 aromatic heterocycles. The lowest BCUT2D eigenvalue weighted by molar-refractivity contribution is -0.137. The molecule has 2 rings (SSSR count). The van der Waals surface area contributed by atoms with Gasteiger partial charge in [0.1, 0.15) is 18.1 Å². The van der Waals surface area contributed by atoms with Gasteiger partial charge in [-0.2, -0.15) is 11.8 Å². The molecule has 2 fully saturated rings. The largest absolute Gasteiger partial charge is 0.370 e. The van der Waals surface area contributed by atoms with Crippen molar-refractivity contribution in [3.05, 3.63) is 0 Å². The monoisotopic (exact) mass is 897 g/mol. The second kappa shape index (κ2) is 27.7. The summed E-state index contributed by atoms with van der Waals surface area (Å²) >= 11 is 1.83. The third-order valence-corrected chi connectivity index (χ3v) is 12.2. The van der Waals surface area contributed by atoms with Crippen LogP contribution in [0.25, 0.3) is 0 Å². The number of carbonyl (C=O) groups excluding carboxylic acids is 10. The molecular formula is C39H67N11O11S. The van der Waals surface area contributed by atoms with E-state index in [2.05, 4.69) is 42.5 Å². The summed E-state index contributed by atoms with van der Waals surface area (Å²) < 4.78 is 0. The Bertz CT molecular complexity index is 1590. The summed E-state index contributed by atoms with van der Waals surface area (Å²) in [7, 11) is 0. The van der Waals surface area contributed by atoms with E-state index in [4.69, 9.17) is 16.7 Å². The maximum Gasteiger partial charge on any atom is 0.315 e. The number of primary amides is 2. The summed E-state index contributed by atoms with van der Waals surface area (Å²) in [5.74, 6) is -6.66. The Morgan fingerprint density at radius 2 is 1.47 bits per heavy atom. The Labute approximate surface area is 366 Å². The van der Waals surface area contributed by atoms with Crippen LogP contribution in [0, 0.1) is 17.8 Å². The average Bonchev–Trinajstić information content (AvgIpc) is 3.78. The number of unbranched alkanes of at least 4 members (excludes halogenated alkanes) is 2. The van der Waals surface area contributed by atoms with Gasteiger partial charge in [-0.25, -0.2) is 10.3 Å². The van der Waals surface area contributed by atoms with Crippen molar-refractivity contribution >= 4 is 71.0 Å². The third-order valence-electron chi connectivity index (χ3n) is 10.7. The number of nitrogens with one attached hydrogen (secondary N) is 9. The van der Waals surface area contributed by atoms with Crippen molar-refractivity contribution in [2.75, 3.05) is 25.4 Å². The quantitative estimate of drug-likeness (QED) is 0.0162. The van der Waals surface area contributed by atoms with Gasteiger partial charge in [-0.15, -0.1) is 0 Å². The minimum absolute atomic E-state index is 0.0314.